The van der Waals surface area contributed by atoms with Gasteiger partial charge in [0, 0.05) is 18.9 Å². The molecule has 0 saturated heterocycles. The third-order valence-electron chi connectivity index (χ3n) is 3.01. The van der Waals surface area contributed by atoms with Crippen molar-refractivity contribution in [3.8, 4) is 0 Å². The zero-order chi connectivity index (χ0) is 14.6. The van der Waals surface area contributed by atoms with E-state index in [0.29, 0.717) is 5.56 Å². The van der Waals surface area contributed by atoms with Gasteiger partial charge in [0.2, 0.25) is 10.0 Å². The van der Waals surface area contributed by atoms with E-state index in [-0.39, 0.29) is 18.0 Å². The van der Waals surface area contributed by atoms with Crippen LogP contribution in [0.4, 0.5) is 0 Å². The summed E-state index contributed by atoms with van der Waals surface area (Å²) in [6, 6.07) is 7.92. The highest BCUT2D eigenvalue weighted by Gasteiger charge is 2.13. The maximum absolute atomic E-state index is 12.1. The van der Waals surface area contributed by atoms with E-state index < -0.39 is 10.0 Å². The monoisotopic (exact) mass is 292 g/mol. The Kier molecular flexibility index (Phi) is 4.49. The molecular weight excluding hydrogens is 276 g/mol. The number of nitrogens with one attached hydrogen (secondary N) is 1. The molecule has 20 heavy (non-hydrogen) atoms. The molecule has 0 fully saturated rings. The Morgan fingerprint density at radius 2 is 1.90 bits per heavy atom. The topological polar surface area (TPSA) is 79.3 Å². The van der Waals surface area contributed by atoms with E-state index in [2.05, 4.69) is 9.71 Å². The number of aliphatic hydroxyl groups excluding tert-OH is 1. The Hall–Kier alpha value is -1.76. The molecule has 0 atom stereocenters. The fourth-order valence-electron chi connectivity index (χ4n) is 1.73. The van der Waals surface area contributed by atoms with Gasteiger partial charge in [0.1, 0.15) is 0 Å². The largest absolute Gasteiger partial charge is 0.392 e. The van der Waals surface area contributed by atoms with E-state index in [9.17, 15) is 8.42 Å². The highest BCUT2D eigenvalue weighted by molar-refractivity contribution is 7.89. The Morgan fingerprint density at radius 3 is 2.50 bits per heavy atom. The smallest absolute Gasteiger partial charge is 0.240 e. The van der Waals surface area contributed by atoms with Gasteiger partial charge in [-0.3, -0.25) is 4.98 Å². The predicted molar refractivity (Wildman–Crippen MR) is 75.4 cm³/mol. The van der Waals surface area contributed by atoms with Crippen molar-refractivity contribution in [2.75, 3.05) is 0 Å². The van der Waals surface area contributed by atoms with Crippen molar-refractivity contribution in [2.45, 2.75) is 25.0 Å². The molecule has 6 heteroatoms. The van der Waals surface area contributed by atoms with Crippen LogP contribution in [0.15, 0.2) is 47.6 Å². The second-order valence-corrected chi connectivity index (χ2v) is 6.20. The van der Waals surface area contributed by atoms with Crippen molar-refractivity contribution in [1.29, 1.82) is 0 Å². The second kappa shape index (κ2) is 6.13. The summed E-state index contributed by atoms with van der Waals surface area (Å²) in [5, 5.41) is 8.94. The van der Waals surface area contributed by atoms with Crippen LogP contribution in [0.5, 0.6) is 0 Å². The zero-order valence-electron chi connectivity index (χ0n) is 11.1. The van der Waals surface area contributed by atoms with Gasteiger partial charge in [-0.15, -0.1) is 0 Å². The fraction of sp³-hybridized carbons (Fsp3) is 0.214. The summed E-state index contributed by atoms with van der Waals surface area (Å²) in [5.74, 6) is 0. The number of aryl methyl sites for hydroxylation is 1. The molecule has 0 aliphatic carbocycles. The van der Waals surface area contributed by atoms with E-state index in [0.717, 1.165) is 11.1 Å². The Bertz CT molecular complexity index is 682. The number of sulfonamides is 1. The van der Waals surface area contributed by atoms with Crippen molar-refractivity contribution in [3.05, 3.63) is 59.4 Å². The molecule has 0 amide bonds. The summed E-state index contributed by atoms with van der Waals surface area (Å²) >= 11 is 0. The minimum Gasteiger partial charge on any atom is -0.392 e. The van der Waals surface area contributed by atoms with Gasteiger partial charge >= 0.3 is 0 Å². The quantitative estimate of drug-likeness (QED) is 0.872. The van der Waals surface area contributed by atoms with Gasteiger partial charge in [0.05, 0.1) is 11.5 Å². The molecule has 5 nitrogen and oxygen atoms in total. The Balaban J connectivity index is 2.13. The van der Waals surface area contributed by atoms with Crippen LogP contribution in [0.2, 0.25) is 0 Å². The zero-order valence-corrected chi connectivity index (χ0v) is 11.9. The molecule has 0 unspecified atom stereocenters. The molecule has 1 aromatic heterocycles. The van der Waals surface area contributed by atoms with Gasteiger partial charge in [-0.05, 0) is 41.8 Å². The molecule has 2 aromatic rings. The van der Waals surface area contributed by atoms with Crippen LogP contribution >= 0.6 is 0 Å². The SMILES string of the molecule is Cc1cnccc1CNS(=O)(=O)c1ccc(CO)cc1. The number of nitrogens with zero attached hydrogens (tertiary/aromatic N) is 1. The first-order chi connectivity index (χ1) is 9.53. The average molecular weight is 292 g/mol. The van der Waals surface area contributed by atoms with Gasteiger partial charge in [-0.2, -0.15) is 0 Å². The van der Waals surface area contributed by atoms with Crippen molar-refractivity contribution < 1.29 is 13.5 Å². The predicted octanol–water partition coefficient (Wildman–Crippen LogP) is 1.36. The number of benzene rings is 1. The summed E-state index contributed by atoms with van der Waals surface area (Å²) in [6.45, 7) is 2.00. The van der Waals surface area contributed by atoms with Crippen LogP contribution < -0.4 is 4.72 Å². The minimum atomic E-state index is -3.55. The van der Waals surface area contributed by atoms with Gasteiger partial charge < -0.3 is 5.11 Å². The van der Waals surface area contributed by atoms with Crippen LogP contribution in [-0.2, 0) is 23.2 Å². The number of aliphatic hydroxyl groups is 1. The van der Waals surface area contributed by atoms with Crippen LogP contribution in [-0.4, -0.2) is 18.5 Å². The third-order valence-corrected chi connectivity index (χ3v) is 4.42. The van der Waals surface area contributed by atoms with Crippen LogP contribution in [0, 0.1) is 6.92 Å². The molecule has 2 rings (SSSR count). The standard InChI is InChI=1S/C14H16N2O3S/c1-11-8-15-7-6-13(11)9-16-20(18,19)14-4-2-12(10-17)3-5-14/h2-8,16-17H,9-10H2,1H3. The molecule has 0 aliphatic rings. The summed E-state index contributed by atoms with van der Waals surface area (Å²) in [6.07, 6.45) is 3.33. The van der Waals surface area contributed by atoms with Gasteiger partial charge in [0.25, 0.3) is 0 Å². The van der Waals surface area contributed by atoms with Gasteiger partial charge in [-0.1, -0.05) is 12.1 Å². The highest BCUT2D eigenvalue weighted by Crippen LogP contribution is 2.12. The van der Waals surface area contributed by atoms with E-state index in [4.69, 9.17) is 5.11 Å². The lowest BCUT2D eigenvalue weighted by Gasteiger charge is -2.09. The van der Waals surface area contributed by atoms with Crippen molar-refractivity contribution in [2.24, 2.45) is 0 Å². The first kappa shape index (κ1) is 14.6. The van der Waals surface area contributed by atoms with E-state index in [1.165, 1.54) is 12.1 Å². The van der Waals surface area contributed by atoms with Gasteiger partial charge in [-0.25, -0.2) is 13.1 Å². The fourth-order valence-corrected chi connectivity index (χ4v) is 2.74. The molecule has 1 aromatic carbocycles. The van der Waals surface area contributed by atoms with Crippen LogP contribution in [0.1, 0.15) is 16.7 Å². The number of pyridine rings is 1. The molecule has 0 aliphatic heterocycles. The van der Waals surface area contributed by atoms with Crippen molar-refractivity contribution >= 4 is 10.0 Å². The van der Waals surface area contributed by atoms with Crippen LogP contribution in [0.25, 0.3) is 0 Å². The number of rotatable bonds is 5. The highest BCUT2D eigenvalue weighted by atomic mass is 32.2. The lowest BCUT2D eigenvalue weighted by molar-refractivity contribution is 0.282. The summed E-state index contributed by atoms with van der Waals surface area (Å²) in [5.41, 5.74) is 2.50. The normalized spacial score (nSPS) is 11.5. The summed E-state index contributed by atoms with van der Waals surface area (Å²) < 4.78 is 26.8. The average Bonchev–Trinajstić information content (AvgIpc) is 2.46. The Morgan fingerprint density at radius 1 is 1.20 bits per heavy atom. The van der Waals surface area contributed by atoms with E-state index in [1.807, 2.05) is 6.92 Å². The number of hydrogen-bond donors (Lipinski definition) is 2. The summed E-state index contributed by atoms with van der Waals surface area (Å²) in [7, 11) is -3.55. The molecule has 0 spiro atoms. The van der Waals surface area contributed by atoms with Crippen molar-refractivity contribution in [3.63, 3.8) is 0 Å². The molecule has 0 bridgehead atoms. The van der Waals surface area contributed by atoms with E-state index >= 15 is 0 Å². The first-order valence-electron chi connectivity index (χ1n) is 6.12. The lowest BCUT2D eigenvalue weighted by atomic mass is 10.2. The van der Waals surface area contributed by atoms with Crippen molar-refractivity contribution in [1.82, 2.24) is 9.71 Å². The third kappa shape index (κ3) is 3.41. The molecule has 0 saturated carbocycles. The first-order valence-corrected chi connectivity index (χ1v) is 7.60. The van der Waals surface area contributed by atoms with E-state index in [1.54, 1.807) is 30.6 Å². The molecular formula is C14H16N2O3S. The molecule has 1 heterocycles. The molecule has 2 N–H and O–H groups in total. The van der Waals surface area contributed by atoms with Crippen LogP contribution in [0.3, 0.4) is 0 Å². The van der Waals surface area contributed by atoms with Gasteiger partial charge in [0.15, 0.2) is 0 Å². The second-order valence-electron chi connectivity index (χ2n) is 4.43. The molecule has 0 radical (unpaired) electrons. The lowest BCUT2D eigenvalue weighted by Crippen LogP contribution is -2.23. The maximum Gasteiger partial charge on any atom is 0.240 e. The Labute approximate surface area is 118 Å². The maximum atomic E-state index is 12.1. The number of aromatic nitrogens is 1. The molecule has 106 valence electrons. The number of hydrogen-bond acceptors (Lipinski definition) is 4. The summed E-state index contributed by atoms with van der Waals surface area (Å²) in [4.78, 5) is 4.15. The minimum absolute atomic E-state index is 0.107.